The third-order valence-corrected chi connectivity index (χ3v) is 4.28. The van der Waals surface area contributed by atoms with E-state index in [0.717, 1.165) is 29.2 Å². The van der Waals surface area contributed by atoms with Crippen LogP contribution in [0.4, 0.5) is 5.69 Å². The lowest BCUT2D eigenvalue weighted by molar-refractivity contribution is 0.712. The third-order valence-electron chi connectivity index (χ3n) is 3.93. The molecule has 1 saturated heterocycles. The molecule has 1 aromatic heterocycles. The van der Waals surface area contributed by atoms with Crippen LogP contribution >= 0.6 is 11.6 Å². The topological polar surface area (TPSA) is 42.1 Å². The summed E-state index contributed by atoms with van der Waals surface area (Å²) in [6, 6.07) is 10.5. The summed E-state index contributed by atoms with van der Waals surface area (Å²) in [5.74, 6) is 0. The quantitative estimate of drug-likeness (QED) is 0.939. The molecule has 1 fully saturated rings. The molecule has 1 aliphatic heterocycles. The highest BCUT2D eigenvalue weighted by Crippen LogP contribution is 2.38. The number of aromatic nitrogens is 1. The van der Waals surface area contributed by atoms with Crippen molar-refractivity contribution >= 4 is 17.3 Å². The third kappa shape index (κ3) is 2.39. The first-order valence-electron chi connectivity index (χ1n) is 6.95. The van der Waals surface area contributed by atoms with Crippen LogP contribution in [0.25, 0.3) is 0 Å². The van der Waals surface area contributed by atoms with E-state index in [1.54, 1.807) is 0 Å². The van der Waals surface area contributed by atoms with Gasteiger partial charge in [-0.25, -0.2) is 0 Å². The van der Waals surface area contributed by atoms with Gasteiger partial charge in [-0.1, -0.05) is 23.7 Å². The number of pyridine rings is 1. The van der Waals surface area contributed by atoms with E-state index in [1.807, 2.05) is 30.6 Å². The fraction of sp³-hybridized carbons (Fsp3) is 0.312. The van der Waals surface area contributed by atoms with Gasteiger partial charge in [-0.15, -0.1) is 0 Å². The smallest absolute Gasteiger partial charge is 0.0558 e. The molecule has 1 unspecified atom stereocenters. The SMILES string of the molecule is NCc1c(Cl)cccc1N1CCCC1c1cccnc1. The Morgan fingerprint density at radius 1 is 1.30 bits per heavy atom. The van der Waals surface area contributed by atoms with Crippen LogP contribution in [0.15, 0.2) is 42.7 Å². The highest BCUT2D eigenvalue weighted by atomic mass is 35.5. The number of benzene rings is 1. The average molecular weight is 288 g/mol. The monoisotopic (exact) mass is 287 g/mol. The van der Waals surface area contributed by atoms with Crippen molar-refractivity contribution in [2.24, 2.45) is 5.73 Å². The summed E-state index contributed by atoms with van der Waals surface area (Å²) >= 11 is 6.28. The average Bonchev–Trinajstić information content (AvgIpc) is 2.97. The minimum atomic E-state index is 0.368. The summed E-state index contributed by atoms with van der Waals surface area (Å²) in [6.45, 7) is 1.50. The minimum absolute atomic E-state index is 0.368. The largest absolute Gasteiger partial charge is 0.364 e. The van der Waals surface area contributed by atoms with Gasteiger partial charge in [-0.05, 0) is 36.6 Å². The predicted octanol–water partition coefficient (Wildman–Crippen LogP) is 3.54. The molecule has 3 rings (SSSR count). The van der Waals surface area contributed by atoms with E-state index >= 15 is 0 Å². The van der Waals surface area contributed by atoms with Crippen LogP contribution in [0.3, 0.4) is 0 Å². The molecule has 0 bridgehead atoms. The van der Waals surface area contributed by atoms with Gasteiger partial charge in [0, 0.05) is 41.8 Å². The molecule has 3 nitrogen and oxygen atoms in total. The zero-order valence-electron chi connectivity index (χ0n) is 11.3. The molecule has 0 spiro atoms. The molecule has 2 N–H and O–H groups in total. The zero-order valence-corrected chi connectivity index (χ0v) is 12.1. The van der Waals surface area contributed by atoms with E-state index in [9.17, 15) is 0 Å². The van der Waals surface area contributed by atoms with Crippen molar-refractivity contribution in [1.29, 1.82) is 0 Å². The van der Waals surface area contributed by atoms with Gasteiger partial charge in [-0.3, -0.25) is 4.98 Å². The molecule has 1 aliphatic rings. The van der Waals surface area contributed by atoms with E-state index < -0.39 is 0 Å². The lowest BCUT2D eigenvalue weighted by Gasteiger charge is -2.29. The lowest BCUT2D eigenvalue weighted by Crippen LogP contribution is -2.24. The standard InChI is InChI=1S/C16H18ClN3/c17-14-5-1-6-16(13(14)10-18)20-9-3-7-15(20)12-4-2-8-19-11-12/h1-2,4-6,8,11,15H,3,7,9-10,18H2. The van der Waals surface area contributed by atoms with E-state index in [1.165, 1.54) is 12.0 Å². The van der Waals surface area contributed by atoms with Gasteiger partial charge in [-0.2, -0.15) is 0 Å². The second kappa shape index (κ2) is 5.81. The molecule has 0 aliphatic carbocycles. The first-order chi connectivity index (χ1) is 9.81. The van der Waals surface area contributed by atoms with Crippen LogP contribution < -0.4 is 10.6 Å². The summed E-state index contributed by atoms with van der Waals surface area (Å²) in [7, 11) is 0. The number of rotatable bonds is 3. The Bertz CT molecular complexity index is 586. The summed E-state index contributed by atoms with van der Waals surface area (Å²) in [5.41, 5.74) is 9.33. The van der Waals surface area contributed by atoms with Crippen LogP contribution in [0.2, 0.25) is 5.02 Å². The van der Waals surface area contributed by atoms with Gasteiger partial charge in [0.2, 0.25) is 0 Å². The number of anilines is 1. The molecule has 0 radical (unpaired) electrons. The van der Waals surface area contributed by atoms with Crippen molar-refractivity contribution < 1.29 is 0 Å². The maximum atomic E-state index is 6.28. The van der Waals surface area contributed by atoms with Crippen LogP contribution in [0.5, 0.6) is 0 Å². The first-order valence-corrected chi connectivity index (χ1v) is 7.33. The Kier molecular flexibility index (Phi) is 3.90. The lowest BCUT2D eigenvalue weighted by atomic mass is 10.1. The van der Waals surface area contributed by atoms with Gasteiger partial charge >= 0.3 is 0 Å². The second-order valence-corrected chi connectivity index (χ2v) is 5.49. The van der Waals surface area contributed by atoms with E-state index in [2.05, 4.69) is 22.0 Å². The molecule has 1 atom stereocenters. The summed E-state index contributed by atoms with van der Waals surface area (Å²) in [4.78, 5) is 6.65. The van der Waals surface area contributed by atoms with Gasteiger partial charge in [0.05, 0.1) is 6.04 Å². The number of halogens is 1. The molecule has 0 amide bonds. The molecular weight excluding hydrogens is 270 g/mol. The normalized spacial score (nSPS) is 18.5. The highest BCUT2D eigenvalue weighted by Gasteiger charge is 2.28. The van der Waals surface area contributed by atoms with Gasteiger partial charge in [0.15, 0.2) is 0 Å². The van der Waals surface area contributed by atoms with E-state index in [-0.39, 0.29) is 0 Å². The maximum Gasteiger partial charge on any atom is 0.0558 e. The fourth-order valence-corrected chi connectivity index (χ4v) is 3.24. The molecule has 4 heteroatoms. The van der Waals surface area contributed by atoms with Gasteiger partial charge in [0.25, 0.3) is 0 Å². The van der Waals surface area contributed by atoms with E-state index in [4.69, 9.17) is 17.3 Å². The molecule has 2 aromatic rings. The Morgan fingerprint density at radius 2 is 2.20 bits per heavy atom. The van der Waals surface area contributed by atoms with Crippen LogP contribution in [-0.4, -0.2) is 11.5 Å². The van der Waals surface area contributed by atoms with Crippen molar-refractivity contribution in [2.45, 2.75) is 25.4 Å². The minimum Gasteiger partial charge on any atom is -0.364 e. The van der Waals surface area contributed by atoms with E-state index in [0.29, 0.717) is 12.6 Å². The van der Waals surface area contributed by atoms with Crippen molar-refractivity contribution in [3.8, 4) is 0 Å². The number of nitrogens with zero attached hydrogens (tertiary/aromatic N) is 2. The van der Waals surface area contributed by atoms with Crippen molar-refractivity contribution in [3.63, 3.8) is 0 Å². The number of hydrogen-bond donors (Lipinski definition) is 1. The van der Waals surface area contributed by atoms with Gasteiger partial charge in [0.1, 0.15) is 0 Å². The van der Waals surface area contributed by atoms with Crippen LogP contribution in [-0.2, 0) is 6.54 Å². The highest BCUT2D eigenvalue weighted by molar-refractivity contribution is 6.31. The Hall–Kier alpha value is -1.58. The van der Waals surface area contributed by atoms with Crippen molar-refractivity contribution in [3.05, 3.63) is 58.9 Å². The van der Waals surface area contributed by atoms with Crippen LogP contribution in [0.1, 0.15) is 30.0 Å². The second-order valence-electron chi connectivity index (χ2n) is 5.08. The Labute approximate surface area is 124 Å². The van der Waals surface area contributed by atoms with Crippen molar-refractivity contribution in [1.82, 2.24) is 4.98 Å². The maximum absolute atomic E-state index is 6.28. The van der Waals surface area contributed by atoms with Gasteiger partial charge < -0.3 is 10.6 Å². The molecule has 2 heterocycles. The molecular formula is C16H18ClN3. The Balaban J connectivity index is 1.99. The summed E-state index contributed by atoms with van der Waals surface area (Å²) in [5, 5.41) is 0.752. The number of hydrogen-bond acceptors (Lipinski definition) is 3. The first kappa shape index (κ1) is 13.4. The van der Waals surface area contributed by atoms with Crippen LogP contribution in [0, 0.1) is 0 Å². The predicted molar refractivity (Wildman–Crippen MR) is 82.9 cm³/mol. The summed E-state index contributed by atoms with van der Waals surface area (Å²) in [6.07, 6.45) is 6.08. The fourth-order valence-electron chi connectivity index (χ4n) is 2.99. The Morgan fingerprint density at radius 3 is 2.95 bits per heavy atom. The zero-order chi connectivity index (χ0) is 13.9. The molecule has 0 saturated carbocycles. The molecule has 1 aromatic carbocycles. The number of nitrogens with two attached hydrogens (primary N) is 1. The molecule has 20 heavy (non-hydrogen) atoms. The molecule has 104 valence electrons. The van der Waals surface area contributed by atoms with Crippen molar-refractivity contribution in [2.75, 3.05) is 11.4 Å². The summed E-state index contributed by atoms with van der Waals surface area (Å²) < 4.78 is 0.